The summed E-state index contributed by atoms with van der Waals surface area (Å²) in [6.45, 7) is 15.1. The molecule has 0 spiro atoms. The first kappa shape index (κ1) is 21.9. The van der Waals surface area contributed by atoms with Crippen LogP contribution in [0.25, 0.3) is 0 Å². The van der Waals surface area contributed by atoms with Gasteiger partial charge in [-0.15, -0.1) is 0 Å². The number of fused-ring (bicyclic) bond motifs is 5. The lowest BCUT2D eigenvalue weighted by Gasteiger charge is -2.57. The highest BCUT2D eigenvalue weighted by molar-refractivity contribution is 5.27. The fourth-order valence-electron chi connectivity index (χ4n) is 8.53. The first-order valence-corrected chi connectivity index (χ1v) is 13.0. The molecule has 0 bridgehead atoms. The number of rotatable bonds is 5. The van der Waals surface area contributed by atoms with Gasteiger partial charge in [0.15, 0.2) is 0 Å². The van der Waals surface area contributed by atoms with Crippen molar-refractivity contribution in [3.8, 4) is 0 Å². The van der Waals surface area contributed by atoms with Crippen molar-refractivity contribution in [1.82, 2.24) is 0 Å². The van der Waals surface area contributed by atoms with Crippen LogP contribution in [-0.2, 0) is 0 Å². The predicted molar refractivity (Wildman–Crippen MR) is 124 cm³/mol. The quantitative estimate of drug-likeness (QED) is 0.470. The zero-order chi connectivity index (χ0) is 21.0. The number of hydrogen-bond acceptors (Lipinski definition) is 1. The van der Waals surface area contributed by atoms with Gasteiger partial charge < -0.3 is 5.11 Å². The Bertz CT molecular complexity index is 620. The van der Waals surface area contributed by atoms with Crippen molar-refractivity contribution in [2.24, 2.45) is 52.3 Å². The lowest BCUT2D eigenvalue weighted by atomic mass is 9.47. The van der Waals surface area contributed by atoms with Gasteiger partial charge in [-0.05, 0) is 104 Å². The summed E-state index contributed by atoms with van der Waals surface area (Å²) in [6.07, 6.45) is 15.8. The van der Waals surface area contributed by atoms with Crippen LogP contribution in [0.5, 0.6) is 0 Å². The van der Waals surface area contributed by atoms with E-state index in [1.165, 1.54) is 51.4 Å². The Morgan fingerprint density at radius 2 is 1.62 bits per heavy atom. The van der Waals surface area contributed by atoms with E-state index in [9.17, 15) is 5.11 Å². The van der Waals surface area contributed by atoms with E-state index >= 15 is 0 Å². The second kappa shape index (κ2) is 7.99. The Morgan fingerprint density at radius 3 is 2.34 bits per heavy atom. The van der Waals surface area contributed by atoms with Crippen LogP contribution < -0.4 is 0 Å². The van der Waals surface area contributed by atoms with Crippen LogP contribution >= 0.6 is 0 Å². The van der Waals surface area contributed by atoms with Crippen LogP contribution in [0.4, 0.5) is 0 Å². The first-order valence-electron chi connectivity index (χ1n) is 13.0. The molecule has 0 amide bonds. The van der Waals surface area contributed by atoms with Crippen LogP contribution in [0.2, 0.25) is 0 Å². The van der Waals surface area contributed by atoms with Crippen LogP contribution in [0, 0.1) is 52.3 Å². The largest absolute Gasteiger partial charge is 0.393 e. The summed E-state index contributed by atoms with van der Waals surface area (Å²) in [5, 5.41) is 10.2. The Morgan fingerprint density at radius 1 is 0.931 bits per heavy atom. The third-order valence-corrected chi connectivity index (χ3v) is 11.0. The van der Waals surface area contributed by atoms with Gasteiger partial charge in [0.05, 0.1) is 6.10 Å². The molecule has 0 aromatic carbocycles. The van der Waals surface area contributed by atoms with Crippen molar-refractivity contribution in [1.29, 1.82) is 0 Å². The number of allylic oxidation sites excluding steroid dienone is 2. The van der Waals surface area contributed by atoms with Crippen molar-refractivity contribution in [3.05, 3.63) is 11.6 Å². The summed E-state index contributed by atoms with van der Waals surface area (Å²) in [7, 11) is 0. The second-order valence-corrected chi connectivity index (χ2v) is 12.7. The van der Waals surface area contributed by atoms with Crippen molar-refractivity contribution >= 4 is 0 Å². The Labute approximate surface area is 181 Å². The van der Waals surface area contributed by atoms with Gasteiger partial charge in [-0.1, -0.05) is 66.0 Å². The molecule has 0 aliphatic heterocycles. The molecule has 0 aromatic heterocycles. The highest BCUT2D eigenvalue weighted by Crippen LogP contribution is 2.67. The SMILES string of the molecule is CC(C)C(C)CC[C@@H](C)C1CCC2C3=CC[C@H]4C[C@@H](O)CC[C@]4(C)C3CC[C@@]21C. The van der Waals surface area contributed by atoms with Crippen LogP contribution in [0.15, 0.2) is 11.6 Å². The second-order valence-electron chi connectivity index (χ2n) is 12.7. The van der Waals surface area contributed by atoms with Gasteiger partial charge in [-0.3, -0.25) is 0 Å². The molecule has 3 fully saturated rings. The van der Waals surface area contributed by atoms with E-state index in [0.717, 1.165) is 54.3 Å². The van der Waals surface area contributed by atoms with Crippen LogP contribution in [-0.4, -0.2) is 11.2 Å². The molecule has 29 heavy (non-hydrogen) atoms. The normalized spacial score (nSPS) is 46.5. The molecule has 0 heterocycles. The van der Waals surface area contributed by atoms with Crippen LogP contribution in [0.1, 0.15) is 106 Å². The van der Waals surface area contributed by atoms with E-state index < -0.39 is 0 Å². The number of aliphatic hydroxyl groups is 1. The standard InChI is InChI=1S/C28H48O/c1-18(2)19(3)7-8-20(4)24-11-12-25-23-10-9-21-17-22(29)13-15-27(21,5)26(23)14-16-28(24,25)6/h10,18-22,24-26,29H,7-9,11-17H2,1-6H3/t19?,20-,21+,22+,24?,25?,26?,27+,28-/m1/s1. The zero-order valence-corrected chi connectivity index (χ0v) is 20.2. The minimum Gasteiger partial charge on any atom is -0.393 e. The molecular formula is C28H48O. The number of aliphatic hydroxyl groups excluding tert-OH is 1. The van der Waals surface area contributed by atoms with E-state index in [2.05, 4.69) is 47.6 Å². The van der Waals surface area contributed by atoms with Crippen molar-refractivity contribution < 1.29 is 5.11 Å². The van der Waals surface area contributed by atoms with Gasteiger partial charge in [0, 0.05) is 0 Å². The number of hydrogen-bond donors (Lipinski definition) is 1. The molecule has 3 saturated carbocycles. The molecule has 0 saturated heterocycles. The summed E-state index contributed by atoms with van der Waals surface area (Å²) in [6, 6.07) is 0. The maximum absolute atomic E-state index is 10.2. The molecule has 4 aliphatic rings. The van der Waals surface area contributed by atoms with Crippen LogP contribution in [0.3, 0.4) is 0 Å². The fourth-order valence-corrected chi connectivity index (χ4v) is 8.53. The van der Waals surface area contributed by atoms with E-state index in [4.69, 9.17) is 0 Å². The molecule has 9 atom stereocenters. The third kappa shape index (κ3) is 3.66. The van der Waals surface area contributed by atoms with Gasteiger partial charge in [0.2, 0.25) is 0 Å². The van der Waals surface area contributed by atoms with Gasteiger partial charge >= 0.3 is 0 Å². The van der Waals surface area contributed by atoms with Crippen molar-refractivity contribution in [2.75, 3.05) is 0 Å². The molecule has 4 aliphatic carbocycles. The Kier molecular flexibility index (Phi) is 6.04. The topological polar surface area (TPSA) is 20.2 Å². The zero-order valence-electron chi connectivity index (χ0n) is 20.2. The predicted octanol–water partition coefficient (Wildman–Crippen LogP) is 7.63. The van der Waals surface area contributed by atoms with Gasteiger partial charge in [0.1, 0.15) is 0 Å². The monoisotopic (exact) mass is 400 g/mol. The van der Waals surface area contributed by atoms with Gasteiger partial charge in [-0.2, -0.15) is 0 Å². The van der Waals surface area contributed by atoms with Gasteiger partial charge in [-0.25, -0.2) is 0 Å². The minimum absolute atomic E-state index is 0.0400. The smallest absolute Gasteiger partial charge is 0.0543 e. The van der Waals surface area contributed by atoms with E-state index in [1.807, 2.05) is 5.57 Å². The molecule has 4 unspecified atom stereocenters. The highest BCUT2D eigenvalue weighted by Gasteiger charge is 2.58. The summed E-state index contributed by atoms with van der Waals surface area (Å²) >= 11 is 0. The molecule has 1 N–H and O–H groups in total. The maximum Gasteiger partial charge on any atom is 0.0543 e. The average Bonchev–Trinajstić information content (AvgIpc) is 3.03. The fraction of sp³-hybridized carbons (Fsp3) is 0.929. The molecule has 4 rings (SSSR count). The van der Waals surface area contributed by atoms with Crippen molar-refractivity contribution in [2.45, 2.75) is 112 Å². The lowest BCUT2D eigenvalue weighted by Crippen LogP contribution is -2.49. The average molecular weight is 401 g/mol. The van der Waals surface area contributed by atoms with Gasteiger partial charge in [0.25, 0.3) is 0 Å². The van der Waals surface area contributed by atoms with E-state index in [1.54, 1.807) is 0 Å². The lowest BCUT2D eigenvalue weighted by molar-refractivity contribution is -0.0428. The molecule has 1 nitrogen and oxygen atoms in total. The molecular weight excluding hydrogens is 352 g/mol. The summed E-state index contributed by atoms with van der Waals surface area (Å²) in [5.74, 6) is 5.85. The molecule has 1 heteroatoms. The maximum atomic E-state index is 10.2. The van der Waals surface area contributed by atoms with E-state index in [-0.39, 0.29) is 6.10 Å². The first-order chi connectivity index (χ1) is 13.7. The van der Waals surface area contributed by atoms with Crippen molar-refractivity contribution in [3.63, 3.8) is 0 Å². The molecule has 166 valence electrons. The molecule has 0 aromatic rings. The highest BCUT2D eigenvalue weighted by atomic mass is 16.3. The third-order valence-electron chi connectivity index (χ3n) is 11.0. The summed E-state index contributed by atoms with van der Waals surface area (Å²) < 4.78 is 0. The summed E-state index contributed by atoms with van der Waals surface area (Å²) in [4.78, 5) is 0. The van der Waals surface area contributed by atoms with E-state index in [0.29, 0.717) is 10.8 Å². The Hall–Kier alpha value is -0.300. The summed E-state index contributed by atoms with van der Waals surface area (Å²) in [5.41, 5.74) is 2.88. The molecule has 0 radical (unpaired) electrons. The Balaban J connectivity index is 1.50. The minimum atomic E-state index is -0.0400.